The Kier molecular flexibility index (Phi) is 5.06. The Morgan fingerprint density at radius 2 is 1.93 bits per heavy atom. The smallest absolute Gasteiger partial charge is 0.259 e. The van der Waals surface area contributed by atoms with Crippen LogP contribution in [0.1, 0.15) is 54.3 Å². The van der Waals surface area contributed by atoms with Gasteiger partial charge in [0, 0.05) is 12.1 Å². The largest absolute Gasteiger partial charge is 0.466 e. The van der Waals surface area contributed by atoms with Gasteiger partial charge < -0.3 is 20.0 Å². The topological polar surface area (TPSA) is 107 Å². The summed E-state index contributed by atoms with van der Waals surface area (Å²) in [6.07, 6.45) is 1.49. The number of fused-ring (bicyclic) bond motifs is 1. The Hall–Kier alpha value is -2.67. The van der Waals surface area contributed by atoms with Crippen molar-refractivity contribution in [2.75, 3.05) is 6.54 Å². The first kappa shape index (κ1) is 19.1. The minimum Gasteiger partial charge on any atom is -0.466 e. The van der Waals surface area contributed by atoms with Crippen LogP contribution in [0.5, 0.6) is 0 Å². The van der Waals surface area contributed by atoms with E-state index in [1.54, 1.807) is 13.0 Å². The summed E-state index contributed by atoms with van der Waals surface area (Å²) in [5.74, 6) is 1.31. The SMILES string of the molecule is CCC(CC)(CN)NC(=O)c1cc(-c2cc(C)oc2C)nc2onc(C)c12. The van der Waals surface area contributed by atoms with Gasteiger partial charge in [0.1, 0.15) is 11.5 Å². The van der Waals surface area contributed by atoms with E-state index in [1.807, 2.05) is 33.8 Å². The van der Waals surface area contributed by atoms with Crippen molar-refractivity contribution in [3.63, 3.8) is 0 Å². The summed E-state index contributed by atoms with van der Waals surface area (Å²) in [5.41, 5.74) is 8.39. The lowest BCUT2D eigenvalue weighted by molar-refractivity contribution is 0.0897. The van der Waals surface area contributed by atoms with Crippen LogP contribution in [-0.4, -0.2) is 28.1 Å². The molecule has 3 heterocycles. The minimum absolute atomic E-state index is 0.207. The molecule has 0 bridgehead atoms. The molecule has 7 nitrogen and oxygen atoms in total. The van der Waals surface area contributed by atoms with Gasteiger partial charge in [0.2, 0.25) is 0 Å². The number of pyridine rings is 1. The molecular formula is C20H26N4O3. The molecule has 0 fully saturated rings. The highest BCUT2D eigenvalue weighted by atomic mass is 16.5. The highest BCUT2D eigenvalue weighted by Gasteiger charge is 2.29. The van der Waals surface area contributed by atoms with Gasteiger partial charge in [-0.05, 0) is 45.7 Å². The van der Waals surface area contributed by atoms with E-state index in [-0.39, 0.29) is 5.91 Å². The third-order valence-corrected chi connectivity index (χ3v) is 5.30. The number of rotatable bonds is 6. The van der Waals surface area contributed by atoms with E-state index in [4.69, 9.17) is 14.7 Å². The van der Waals surface area contributed by atoms with E-state index >= 15 is 0 Å². The number of nitrogens with two attached hydrogens (primary N) is 1. The molecule has 7 heteroatoms. The van der Waals surface area contributed by atoms with Crippen molar-refractivity contribution >= 4 is 17.0 Å². The van der Waals surface area contributed by atoms with Crippen LogP contribution < -0.4 is 11.1 Å². The van der Waals surface area contributed by atoms with E-state index in [0.717, 1.165) is 29.9 Å². The average Bonchev–Trinajstić information content (AvgIpc) is 3.20. The number of hydrogen-bond donors (Lipinski definition) is 2. The quantitative estimate of drug-likeness (QED) is 0.686. The van der Waals surface area contributed by atoms with E-state index in [9.17, 15) is 4.79 Å². The first-order chi connectivity index (χ1) is 12.8. The lowest BCUT2D eigenvalue weighted by Gasteiger charge is -2.31. The highest BCUT2D eigenvalue weighted by Crippen LogP contribution is 2.30. The number of nitrogens with zero attached hydrogens (tertiary/aromatic N) is 2. The van der Waals surface area contributed by atoms with Gasteiger partial charge in [-0.25, -0.2) is 4.98 Å². The summed E-state index contributed by atoms with van der Waals surface area (Å²) in [5, 5.41) is 7.73. The minimum atomic E-state index is -0.444. The number of amides is 1. The first-order valence-electron chi connectivity index (χ1n) is 9.21. The zero-order valence-corrected chi connectivity index (χ0v) is 16.5. The van der Waals surface area contributed by atoms with Gasteiger partial charge in [-0.3, -0.25) is 4.79 Å². The predicted molar refractivity (Wildman–Crippen MR) is 104 cm³/mol. The molecule has 0 radical (unpaired) electrons. The average molecular weight is 370 g/mol. The molecule has 0 atom stereocenters. The van der Waals surface area contributed by atoms with Crippen molar-refractivity contribution in [3.8, 4) is 11.3 Å². The van der Waals surface area contributed by atoms with Crippen LogP contribution in [0, 0.1) is 20.8 Å². The second kappa shape index (κ2) is 7.15. The van der Waals surface area contributed by atoms with Crippen LogP contribution >= 0.6 is 0 Å². The van der Waals surface area contributed by atoms with Gasteiger partial charge in [-0.1, -0.05) is 19.0 Å². The summed E-state index contributed by atoms with van der Waals surface area (Å²) >= 11 is 0. The normalized spacial score (nSPS) is 11.9. The highest BCUT2D eigenvalue weighted by molar-refractivity contribution is 6.07. The standard InChI is InChI=1S/C20H26N4O3/c1-6-20(7-2,10-21)23-18(25)15-9-16(14-8-11(3)26-13(14)5)22-19-17(15)12(4)24-27-19/h8-9H,6-7,10,21H2,1-5H3,(H,23,25). The summed E-state index contributed by atoms with van der Waals surface area (Å²) in [4.78, 5) is 17.7. The summed E-state index contributed by atoms with van der Waals surface area (Å²) in [6.45, 7) is 9.95. The molecule has 0 saturated heterocycles. The van der Waals surface area contributed by atoms with E-state index in [0.29, 0.717) is 34.6 Å². The molecule has 0 aliphatic heterocycles. The number of furan rings is 1. The molecule has 27 heavy (non-hydrogen) atoms. The maximum Gasteiger partial charge on any atom is 0.259 e. The Morgan fingerprint density at radius 3 is 2.48 bits per heavy atom. The van der Waals surface area contributed by atoms with E-state index < -0.39 is 5.54 Å². The lowest BCUT2D eigenvalue weighted by Crippen LogP contribution is -2.52. The van der Waals surface area contributed by atoms with Gasteiger partial charge >= 0.3 is 0 Å². The van der Waals surface area contributed by atoms with Gasteiger partial charge in [-0.15, -0.1) is 0 Å². The summed E-state index contributed by atoms with van der Waals surface area (Å²) < 4.78 is 11.0. The molecule has 3 N–H and O–H groups in total. The van der Waals surface area contributed by atoms with Crippen molar-refractivity contribution in [3.05, 3.63) is 34.9 Å². The zero-order chi connectivity index (χ0) is 19.8. The number of nitrogens with one attached hydrogen (secondary N) is 1. The van der Waals surface area contributed by atoms with Crippen LogP contribution in [0.3, 0.4) is 0 Å². The van der Waals surface area contributed by atoms with Crippen molar-refractivity contribution in [2.45, 2.75) is 53.0 Å². The first-order valence-corrected chi connectivity index (χ1v) is 9.21. The van der Waals surface area contributed by atoms with Crippen LogP contribution in [0.4, 0.5) is 0 Å². The fourth-order valence-corrected chi connectivity index (χ4v) is 3.37. The second-order valence-electron chi connectivity index (χ2n) is 6.98. The molecule has 0 saturated carbocycles. The van der Waals surface area contributed by atoms with Crippen molar-refractivity contribution in [1.29, 1.82) is 0 Å². The third kappa shape index (κ3) is 3.35. The monoisotopic (exact) mass is 370 g/mol. The molecule has 0 aliphatic carbocycles. The molecule has 0 aromatic carbocycles. The molecule has 144 valence electrons. The summed E-state index contributed by atoms with van der Waals surface area (Å²) in [6, 6.07) is 3.67. The molecule has 0 unspecified atom stereocenters. The second-order valence-corrected chi connectivity index (χ2v) is 6.98. The Balaban J connectivity index is 2.14. The predicted octanol–water partition coefficient (Wildman–Crippen LogP) is 3.66. The number of carbonyl (C=O) groups excluding carboxylic acids is 1. The Bertz CT molecular complexity index is 974. The van der Waals surface area contributed by atoms with Gasteiger partial charge in [0.15, 0.2) is 0 Å². The number of aromatic nitrogens is 2. The molecule has 1 amide bonds. The maximum atomic E-state index is 13.2. The molecular weight excluding hydrogens is 344 g/mol. The summed E-state index contributed by atoms with van der Waals surface area (Å²) in [7, 11) is 0. The van der Waals surface area contributed by atoms with Crippen molar-refractivity contribution in [1.82, 2.24) is 15.5 Å². The third-order valence-electron chi connectivity index (χ3n) is 5.30. The van der Waals surface area contributed by atoms with Crippen LogP contribution in [0.2, 0.25) is 0 Å². The molecule has 3 aromatic rings. The number of carbonyl (C=O) groups is 1. The van der Waals surface area contributed by atoms with E-state index in [1.165, 1.54) is 0 Å². The molecule has 0 spiro atoms. The van der Waals surface area contributed by atoms with Crippen LogP contribution in [0.25, 0.3) is 22.4 Å². The fourth-order valence-electron chi connectivity index (χ4n) is 3.37. The van der Waals surface area contributed by atoms with Gasteiger partial charge in [-0.2, -0.15) is 0 Å². The lowest BCUT2D eigenvalue weighted by atomic mass is 9.92. The van der Waals surface area contributed by atoms with Crippen molar-refractivity contribution < 1.29 is 13.7 Å². The van der Waals surface area contributed by atoms with Gasteiger partial charge in [0.25, 0.3) is 11.6 Å². The number of aryl methyl sites for hydroxylation is 3. The molecule has 3 aromatic heterocycles. The zero-order valence-electron chi connectivity index (χ0n) is 16.5. The molecule has 3 rings (SSSR count). The Morgan fingerprint density at radius 1 is 1.22 bits per heavy atom. The number of hydrogen-bond acceptors (Lipinski definition) is 6. The van der Waals surface area contributed by atoms with Crippen LogP contribution in [-0.2, 0) is 0 Å². The van der Waals surface area contributed by atoms with Crippen LogP contribution in [0.15, 0.2) is 21.1 Å². The Labute approximate surface area is 158 Å². The van der Waals surface area contributed by atoms with Crippen molar-refractivity contribution in [2.24, 2.45) is 5.73 Å². The van der Waals surface area contributed by atoms with Gasteiger partial charge in [0.05, 0.1) is 27.9 Å². The molecule has 0 aliphatic rings. The fraction of sp³-hybridized carbons (Fsp3) is 0.450. The maximum absolute atomic E-state index is 13.2. The van der Waals surface area contributed by atoms with E-state index in [2.05, 4.69) is 15.5 Å².